The van der Waals surface area contributed by atoms with Crippen molar-refractivity contribution < 1.29 is 9.90 Å². The van der Waals surface area contributed by atoms with Crippen LogP contribution in [0.25, 0.3) is 0 Å². The maximum Gasteiger partial charge on any atom is 0.252 e. The molecule has 0 saturated heterocycles. The van der Waals surface area contributed by atoms with Crippen LogP contribution >= 0.6 is 0 Å². The zero-order valence-corrected chi connectivity index (χ0v) is 10.7. The monoisotopic (exact) mass is 248 g/mol. The van der Waals surface area contributed by atoms with Crippen LogP contribution in [-0.2, 0) is 0 Å². The van der Waals surface area contributed by atoms with E-state index in [1.54, 1.807) is 12.4 Å². The van der Waals surface area contributed by atoms with Gasteiger partial charge in [-0.05, 0) is 31.4 Å². The van der Waals surface area contributed by atoms with E-state index < -0.39 is 0 Å². The van der Waals surface area contributed by atoms with Gasteiger partial charge in [-0.3, -0.25) is 9.78 Å². The number of aliphatic hydroxyl groups is 1. The molecular formula is C14H20N2O2. The lowest BCUT2D eigenvalue weighted by atomic mass is 9.86. The van der Waals surface area contributed by atoms with Crippen LogP contribution in [0.15, 0.2) is 18.5 Å². The minimum Gasteiger partial charge on any atom is -0.393 e. The van der Waals surface area contributed by atoms with Crippen molar-refractivity contribution in [1.82, 2.24) is 10.3 Å². The van der Waals surface area contributed by atoms with Gasteiger partial charge < -0.3 is 10.4 Å². The quantitative estimate of drug-likeness (QED) is 0.855. The van der Waals surface area contributed by atoms with Gasteiger partial charge in [0.05, 0.1) is 11.7 Å². The van der Waals surface area contributed by atoms with Crippen LogP contribution in [0, 0.1) is 12.8 Å². The first-order valence-electron chi connectivity index (χ1n) is 6.55. The van der Waals surface area contributed by atoms with Gasteiger partial charge in [-0.1, -0.05) is 12.8 Å². The number of aromatic nitrogens is 1. The van der Waals surface area contributed by atoms with Crippen LogP contribution in [0.5, 0.6) is 0 Å². The maximum atomic E-state index is 11.9. The average Bonchev–Trinajstić information content (AvgIpc) is 2.37. The van der Waals surface area contributed by atoms with Crippen LogP contribution in [0.1, 0.15) is 41.6 Å². The Morgan fingerprint density at radius 1 is 1.44 bits per heavy atom. The minimum atomic E-state index is -0.269. The first-order valence-corrected chi connectivity index (χ1v) is 6.55. The standard InChI is InChI=1S/C14H20N2O2/c1-10-6-12(8-15-7-10)14(18)16-9-11-4-2-3-5-13(11)17/h6-8,11,13,17H,2-5,9H2,1H3,(H,16,18). The van der Waals surface area contributed by atoms with E-state index in [9.17, 15) is 9.90 Å². The number of carbonyl (C=O) groups excluding carboxylic acids is 1. The second kappa shape index (κ2) is 5.96. The van der Waals surface area contributed by atoms with E-state index in [0.29, 0.717) is 12.1 Å². The predicted octanol–water partition coefficient (Wildman–Crippen LogP) is 1.67. The van der Waals surface area contributed by atoms with Crippen LogP contribution in [0.2, 0.25) is 0 Å². The Bertz CT molecular complexity index is 420. The van der Waals surface area contributed by atoms with E-state index in [0.717, 1.165) is 31.2 Å². The Labute approximate surface area is 107 Å². The Balaban J connectivity index is 1.88. The molecular weight excluding hydrogens is 228 g/mol. The van der Waals surface area contributed by atoms with Crippen LogP contribution in [0.4, 0.5) is 0 Å². The van der Waals surface area contributed by atoms with Gasteiger partial charge in [-0.15, -0.1) is 0 Å². The van der Waals surface area contributed by atoms with E-state index in [2.05, 4.69) is 10.3 Å². The molecule has 1 saturated carbocycles. The molecule has 0 bridgehead atoms. The fourth-order valence-corrected chi connectivity index (χ4v) is 2.43. The molecule has 0 radical (unpaired) electrons. The summed E-state index contributed by atoms with van der Waals surface area (Å²) in [4.78, 5) is 15.9. The summed E-state index contributed by atoms with van der Waals surface area (Å²) in [6, 6.07) is 1.82. The fraction of sp³-hybridized carbons (Fsp3) is 0.571. The van der Waals surface area contributed by atoms with E-state index >= 15 is 0 Å². The van der Waals surface area contributed by atoms with Crippen molar-refractivity contribution in [3.8, 4) is 0 Å². The summed E-state index contributed by atoms with van der Waals surface area (Å²) in [6.45, 7) is 2.46. The fourth-order valence-electron chi connectivity index (χ4n) is 2.43. The van der Waals surface area contributed by atoms with Crippen LogP contribution in [0.3, 0.4) is 0 Å². The third-order valence-electron chi connectivity index (χ3n) is 3.53. The number of rotatable bonds is 3. The largest absolute Gasteiger partial charge is 0.393 e. The molecule has 2 atom stereocenters. The summed E-state index contributed by atoms with van der Waals surface area (Å²) < 4.78 is 0. The molecule has 2 rings (SSSR count). The van der Waals surface area contributed by atoms with Crippen molar-refractivity contribution >= 4 is 5.91 Å². The molecule has 4 nitrogen and oxygen atoms in total. The van der Waals surface area contributed by atoms with Gasteiger partial charge in [-0.2, -0.15) is 0 Å². The van der Waals surface area contributed by atoms with Gasteiger partial charge in [0.2, 0.25) is 0 Å². The highest BCUT2D eigenvalue weighted by Gasteiger charge is 2.23. The Kier molecular flexibility index (Phi) is 4.31. The molecule has 0 aliphatic heterocycles. The van der Waals surface area contributed by atoms with Gasteiger partial charge in [0.1, 0.15) is 0 Å². The predicted molar refractivity (Wildman–Crippen MR) is 69.3 cm³/mol. The first-order chi connectivity index (χ1) is 8.66. The van der Waals surface area contributed by atoms with Gasteiger partial charge in [0.15, 0.2) is 0 Å². The molecule has 1 aromatic rings. The average molecular weight is 248 g/mol. The van der Waals surface area contributed by atoms with Gasteiger partial charge in [0.25, 0.3) is 5.91 Å². The molecule has 1 fully saturated rings. The van der Waals surface area contributed by atoms with E-state index in [1.165, 1.54) is 0 Å². The van der Waals surface area contributed by atoms with Crippen molar-refractivity contribution in [2.24, 2.45) is 5.92 Å². The highest BCUT2D eigenvalue weighted by Crippen LogP contribution is 2.23. The topological polar surface area (TPSA) is 62.2 Å². The summed E-state index contributed by atoms with van der Waals surface area (Å²) in [6.07, 6.45) is 7.10. The second-order valence-electron chi connectivity index (χ2n) is 5.07. The highest BCUT2D eigenvalue weighted by molar-refractivity contribution is 5.93. The molecule has 98 valence electrons. The molecule has 1 heterocycles. The molecule has 1 aliphatic rings. The van der Waals surface area contributed by atoms with E-state index in [-0.39, 0.29) is 17.9 Å². The van der Waals surface area contributed by atoms with Crippen molar-refractivity contribution in [3.63, 3.8) is 0 Å². The summed E-state index contributed by atoms with van der Waals surface area (Å²) in [5.74, 6) is 0.0874. The van der Waals surface area contributed by atoms with Gasteiger partial charge >= 0.3 is 0 Å². The smallest absolute Gasteiger partial charge is 0.252 e. The molecule has 1 amide bonds. The summed E-state index contributed by atoms with van der Waals surface area (Å²) in [5.41, 5.74) is 1.56. The molecule has 2 unspecified atom stereocenters. The number of amides is 1. The first kappa shape index (κ1) is 13.0. The number of nitrogens with one attached hydrogen (secondary N) is 1. The summed E-state index contributed by atoms with van der Waals surface area (Å²) in [7, 11) is 0. The maximum absolute atomic E-state index is 11.9. The molecule has 1 aliphatic carbocycles. The second-order valence-corrected chi connectivity index (χ2v) is 5.07. The Morgan fingerprint density at radius 2 is 2.22 bits per heavy atom. The van der Waals surface area contributed by atoms with E-state index in [1.807, 2.05) is 13.0 Å². The minimum absolute atomic E-state index is 0.107. The van der Waals surface area contributed by atoms with Crippen molar-refractivity contribution in [2.75, 3.05) is 6.54 Å². The van der Waals surface area contributed by atoms with Gasteiger partial charge in [-0.25, -0.2) is 0 Å². The lowest BCUT2D eigenvalue weighted by molar-refractivity contribution is 0.0663. The molecule has 0 aromatic carbocycles. The van der Waals surface area contributed by atoms with Gasteiger partial charge in [0, 0.05) is 24.9 Å². The SMILES string of the molecule is Cc1cncc(C(=O)NCC2CCCCC2O)c1. The molecule has 4 heteroatoms. The lowest BCUT2D eigenvalue weighted by Gasteiger charge is -2.27. The van der Waals surface area contributed by atoms with Crippen molar-refractivity contribution in [2.45, 2.75) is 38.7 Å². The number of hydrogen-bond donors (Lipinski definition) is 2. The number of carbonyl (C=O) groups is 1. The molecule has 1 aromatic heterocycles. The number of pyridine rings is 1. The van der Waals surface area contributed by atoms with Crippen LogP contribution in [-0.4, -0.2) is 28.6 Å². The zero-order chi connectivity index (χ0) is 13.0. The highest BCUT2D eigenvalue weighted by atomic mass is 16.3. The Morgan fingerprint density at radius 3 is 2.94 bits per heavy atom. The number of aliphatic hydroxyl groups excluding tert-OH is 1. The lowest BCUT2D eigenvalue weighted by Crippen LogP contribution is -2.36. The van der Waals surface area contributed by atoms with Crippen LogP contribution < -0.4 is 5.32 Å². The Hall–Kier alpha value is -1.42. The third-order valence-corrected chi connectivity index (χ3v) is 3.53. The number of hydrogen-bond acceptors (Lipinski definition) is 3. The summed E-state index contributed by atoms with van der Waals surface area (Å²) >= 11 is 0. The zero-order valence-electron chi connectivity index (χ0n) is 10.7. The normalized spacial score (nSPS) is 23.7. The van der Waals surface area contributed by atoms with Crippen molar-refractivity contribution in [1.29, 1.82) is 0 Å². The third kappa shape index (κ3) is 3.29. The van der Waals surface area contributed by atoms with E-state index in [4.69, 9.17) is 0 Å². The molecule has 2 N–H and O–H groups in total. The summed E-state index contributed by atoms with van der Waals surface area (Å²) in [5, 5.41) is 12.7. The molecule has 0 spiro atoms. The number of nitrogens with zero attached hydrogens (tertiary/aromatic N) is 1. The molecule has 18 heavy (non-hydrogen) atoms. The number of aryl methyl sites for hydroxylation is 1. The van der Waals surface area contributed by atoms with Crippen molar-refractivity contribution in [3.05, 3.63) is 29.6 Å².